The number of carboxylic acids is 1. The summed E-state index contributed by atoms with van der Waals surface area (Å²) in [6.45, 7) is 1.93. The van der Waals surface area contributed by atoms with E-state index in [0.29, 0.717) is 12.6 Å². The predicted octanol–water partition coefficient (Wildman–Crippen LogP) is 5.31. The van der Waals surface area contributed by atoms with Crippen LogP contribution in [0, 0.1) is 11.6 Å². The molecular formula is C26H23F2N3O4. The number of rotatable bonds is 9. The molecule has 0 fully saturated rings. The molecule has 0 amide bonds. The quantitative estimate of drug-likeness (QED) is 0.338. The molecule has 0 saturated heterocycles. The van der Waals surface area contributed by atoms with Gasteiger partial charge in [-0.25, -0.2) is 13.6 Å². The fraction of sp³-hybridized carbons (Fsp3) is 0.154. The van der Waals surface area contributed by atoms with Crippen molar-refractivity contribution in [3.8, 4) is 34.3 Å². The summed E-state index contributed by atoms with van der Waals surface area (Å²) in [5.74, 6) is -4.45. The van der Waals surface area contributed by atoms with Crippen molar-refractivity contribution in [2.75, 3.05) is 0 Å². The normalized spacial score (nSPS) is 11.8. The molecule has 0 aliphatic rings. The van der Waals surface area contributed by atoms with Gasteiger partial charge in [-0.1, -0.05) is 25.1 Å². The number of hydrogen-bond donors (Lipinski definition) is 2. The summed E-state index contributed by atoms with van der Waals surface area (Å²) in [6, 6.07) is 17.2. The van der Waals surface area contributed by atoms with Crippen LogP contribution >= 0.6 is 0 Å². The maximum absolute atomic E-state index is 14.6. The van der Waals surface area contributed by atoms with Crippen molar-refractivity contribution in [2.45, 2.75) is 26.0 Å². The van der Waals surface area contributed by atoms with Gasteiger partial charge in [-0.3, -0.25) is 0 Å². The Morgan fingerprint density at radius 2 is 1.77 bits per heavy atom. The molecule has 0 radical (unpaired) electrons. The molecule has 4 aromatic rings. The van der Waals surface area contributed by atoms with Crippen molar-refractivity contribution in [1.29, 1.82) is 0 Å². The molecular weight excluding hydrogens is 456 g/mol. The number of benzene rings is 2. The standard InChI is InChI=1S/C26H23F2N3O4/c1-2-23(26(32)33)35-25-22(28)14-21(27)24(30-25)34-20-12-18(17-7-5-6-16(10-17)15-29)11-19(13-20)31-8-3-4-9-31/h3-14,23H,2,15,29H2,1H3,(H,32,33)/t23-/m1/s1. The number of carbonyl (C=O) groups is 1. The van der Waals surface area contributed by atoms with Gasteiger partial charge >= 0.3 is 5.97 Å². The highest BCUT2D eigenvalue weighted by Gasteiger charge is 2.22. The van der Waals surface area contributed by atoms with Crippen molar-refractivity contribution in [2.24, 2.45) is 5.73 Å². The number of pyridine rings is 1. The molecule has 0 bridgehead atoms. The number of nitrogens with two attached hydrogens (primary N) is 1. The highest BCUT2D eigenvalue weighted by Crippen LogP contribution is 2.33. The van der Waals surface area contributed by atoms with Gasteiger partial charge in [0.25, 0.3) is 11.8 Å². The highest BCUT2D eigenvalue weighted by molar-refractivity contribution is 5.72. The molecule has 7 nitrogen and oxygen atoms in total. The van der Waals surface area contributed by atoms with E-state index >= 15 is 0 Å². The maximum atomic E-state index is 14.6. The minimum atomic E-state index is -1.34. The van der Waals surface area contributed by atoms with E-state index < -0.39 is 35.5 Å². The average Bonchev–Trinajstić information content (AvgIpc) is 3.40. The van der Waals surface area contributed by atoms with Gasteiger partial charge < -0.3 is 24.9 Å². The minimum absolute atomic E-state index is 0.0637. The van der Waals surface area contributed by atoms with E-state index in [2.05, 4.69) is 4.98 Å². The zero-order valence-corrected chi connectivity index (χ0v) is 18.8. The second-order valence-corrected chi connectivity index (χ2v) is 7.73. The first-order valence-electron chi connectivity index (χ1n) is 10.9. The lowest BCUT2D eigenvalue weighted by atomic mass is 10.0. The van der Waals surface area contributed by atoms with Crippen molar-refractivity contribution < 1.29 is 28.2 Å². The van der Waals surface area contributed by atoms with Crippen LogP contribution in [0.15, 0.2) is 73.1 Å². The van der Waals surface area contributed by atoms with Crippen LogP contribution in [0.3, 0.4) is 0 Å². The van der Waals surface area contributed by atoms with Crippen LogP contribution in [-0.4, -0.2) is 26.7 Å². The first-order valence-corrected chi connectivity index (χ1v) is 10.9. The maximum Gasteiger partial charge on any atom is 0.344 e. The molecule has 180 valence electrons. The lowest BCUT2D eigenvalue weighted by Gasteiger charge is -2.15. The molecule has 9 heteroatoms. The molecule has 2 aromatic carbocycles. The zero-order chi connectivity index (χ0) is 24.9. The molecule has 1 atom stereocenters. The third-order valence-corrected chi connectivity index (χ3v) is 5.27. The summed E-state index contributed by atoms with van der Waals surface area (Å²) in [4.78, 5) is 15.0. The number of aromatic nitrogens is 2. The van der Waals surface area contributed by atoms with Crippen LogP contribution in [0.4, 0.5) is 8.78 Å². The number of hydrogen-bond acceptors (Lipinski definition) is 5. The molecule has 0 saturated carbocycles. The van der Waals surface area contributed by atoms with E-state index in [4.69, 9.17) is 15.2 Å². The van der Waals surface area contributed by atoms with Crippen LogP contribution in [0.5, 0.6) is 17.5 Å². The Bertz CT molecular complexity index is 1340. The molecule has 3 N–H and O–H groups in total. The fourth-order valence-electron chi connectivity index (χ4n) is 3.49. The average molecular weight is 479 g/mol. The Labute approximate surface area is 200 Å². The number of carboxylic acid groups (broad SMARTS) is 1. The summed E-state index contributed by atoms with van der Waals surface area (Å²) >= 11 is 0. The van der Waals surface area contributed by atoms with Gasteiger partial charge in [0.15, 0.2) is 17.7 Å². The third-order valence-electron chi connectivity index (χ3n) is 5.27. The summed E-state index contributed by atoms with van der Waals surface area (Å²) in [7, 11) is 0. The van der Waals surface area contributed by atoms with Crippen LogP contribution in [0.1, 0.15) is 18.9 Å². The van der Waals surface area contributed by atoms with Crippen molar-refractivity contribution in [3.05, 3.63) is 90.3 Å². The van der Waals surface area contributed by atoms with Gasteiger partial charge in [-0.05, 0) is 53.4 Å². The number of nitrogens with zero attached hydrogens (tertiary/aromatic N) is 2. The molecule has 0 unspecified atom stereocenters. The molecule has 0 spiro atoms. The Hall–Kier alpha value is -4.24. The van der Waals surface area contributed by atoms with E-state index in [-0.39, 0.29) is 12.2 Å². The Morgan fingerprint density at radius 1 is 1.03 bits per heavy atom. The monoisotopic (exact) mass is 479 g/mol. The smallest absolute Gasteiger partial charge is 0.344 e. The molecule has 4 rings (SSSR count). The lowest BCUT2D eigenvalue weighted by molar-refractivity contribution is -0.145. The molecule has 35 heavy (non-hydrogen) atoms. The van der Waals surface area contributed by atoms with Crippen molar-refractivity contribution in [1.82, 2.24) is 9.55 Å². The molecule has 2 aromatic heterocycles. The second kappa shape index (κ2) is 10.4. The minimum Gasteiger partial charge on any atom is -0.479 e. The van der Waals surface area contributed by atoms with Gasteiger partial charge in [0.05, 0.1) is 0 Å². The lowest BCUT2D eigenvalue weighted by Crippen LogP contribution is -2.26. The summed E-state index contributed by atoms with van der Waals surface area (Å²) in [5, 5.41) is 9.19. The van der Waals surface area contributed by atoms with Gasteiger partial charge in [0.1, 0.15) is 5.75 Å². The van der Waals surface area contributed by atoms with Gasteiger partial charge in [0.2, 0.25) is 0 Å². The van der Waals surface area contributed by atoms with Gasteiger partial charge in [-0.15, -0.1) is 0 Å². The van der Waals surface area contributed by atoms with Crippen LogP contribution < -0.4 is 15.2 Å². The zero-order valence-electron chi connectivity index (χ0n) is 18.8. The second-order valence-electron chi connectivity index (χ2n) is 7.73. The highest BCUT2D eigenvalue weighted by atomic mass is 19.1. The Morgan fingerprint density at radius 3 is 2.46 bits per heavy atom. The summed E-state index contributed by atoms with van der Waals surface area (Å²) in [5.41, 5.74) is 9.10. The summed E-state index contributed by atoms with van der Waals surface area (Å²) in [6.07, 6.45) is 2.42. The number of ether oxygens (including phenoxy) is 2. The van der Waals surface area contributed by atoms with Crippen molar-refractivity contribution in [3.63, 3.8) is 0 Å². The van der Waals surface area contributed by atoms with E-state index in [1.54, 1.807) is 19.1 Å². The largest absolute Gasteiger partial charge is 0.479 e. The van der Waals surface area contributed by atoms with Crippen LogP contribution in [-0.2, 0) is 11.3 Å². The van der Waals surface area contributed by atoms with Gasteiger partial charge in [-0.2, -0.15) is 4.98 Å². The Kier molecular flexibility index (Phi) is 7.07. The first kappa shape index (κ1) is 23.9. The van der Waals surface area contributed by atoms with Gasteiger partial charge in [0, 0.05) is 36.8 Å². The SMILES string of the molecule is CC[C@@H](Oc1nc(Oc2cc(-c3cccc(CN)c3)cc(-n3cccc3)c2)c(F)cc1F)C(=O)O. The van der Waals surface area contributed by atoms with E-state index in [0.717, 1.165) is 22.4 Å². The van der Waals surface area contributed by atoms with Crippen LogP contribution in [0.2, 0.25) is 0 Å². The fourth-order valence-corrected chi connectivity index (χ4v) is 3.49. The summed E-state index contributed by atoms with van der Waals surface area (Å²) < 4.78 is 41.5. The van der Waals surface area contributed by atoms with E-state index in [9.17, 15) is 18.7 Å². The predicted molar refractivity (Wildman–Crippen MR) is 126 cm³/mol. The topological polar surface area (TPSA) is 99.6 Å². The van der Waals surface area contributed by atoms with E-state index in [1.807, 2.05) is 59.4 Å². The number of halogens is 2. The number of aliphatic carboxylic acids is 1. The Balaban J connectivity index is 1.75. The molecule has 0 aliphatic carbocycles. The van der Waals surface area contributed by atoms with Crippen LogP contribution in [0.25, 0.3) is 16.8 Å². The third kappa shape index (κ3) is 5.47. The molecule has 2 heterocycles. The van der Waals surface area contributed by atoms with Crippen molar-refractivity contribution >= 4 is 5.97 Å². The first-order chi connectivity index (χ1) is 16.9. The van der Waals surface area contributed by atoms with E-state index in [1.165, 1.54) is 0 Å². The molecule has 0 aliphatic heterocycles.